The average Bonchev–Trinajstić information content (AvgIpc) is 3.40. The lowest BCUT2D eigenvalue weighted by Gasteiger charge is -2.22. The van der Waals surface area contributed by atoms with E-state index in [9.17, 15) is 22.8 Å². The molecule has 3 aromatic rings. The topological polar surface area (TPSA) is 122 Å². The van der Waals surface area contributed by atoms with E-state index < -0.39 is 34.6 Å². The van der Waals surface area contributed by atoms with Crippen LogP contribution in [0.2, 0.25) is 5.02 Å². The average molecular weight is 568 g/mol. The number of piperidine rings is 1. The summed E-state index contributed by atoms with van der Waals surface area (Å²) in [6, 6.07) is 1.79. The number of thiazole rings is 1. The summed E-state index contributed by atoms with van der Waals surface area (Å²) in [5, 5.41) is 8.33. The highest BCUT2D eigenvalue weighted by Crippen LogP contribution is 2.35. The standard InChI is InChI=1S/C24H25ClF3N7O2S/c1-13(34-21(36)18-8-15(32-12-33-18)3-2-14-4-6-29-7-5-14)23-31-11-19(38-23)22(37)35-20-9-16(24(26,27)28)17(25)10-30-20/h8-14,29H,2-7H2,1H3,(H,34,36)(H,30,35,37). The van der Waals surface area contributed by atoms with E-state index in [0.29, 0.717) is 17.0 Å². The maximum Gasteiger partial charge on any atom is 0.418 e. The summed E-state index contributed by atoms with van der Waals surface area (Å²) in [4.78, 5) is 41.7. The molecule has 1 saturated heterocycles. The van der Waals surface area contributed by atoms with E-state index >= 15 is 0 Å². The number of anilines is 1. The molecule has 1 fully saturated rings. The van der Waals surface area contributed by atoms with E-state index in [1.165, 1.54) is 12.5 Å². The Balaban J connectivity index is 1.35. The number of nitrogens with zero attached hydrogens (tertiary/aromatic N) is 4. The first-order chi connectivity index (χ1) is 18.1. The minimum Gasteiger partial charge on any atom is -0.342 e. The zero-order valence-electron chi connectivity index (χ0n) is 20.3. The fourth-order valence-electron chi connectivity index (χ4n) is 4.01. The molecule has 14 heteroatoms. The van der Waals surface area contributed by atoms with Gasteiger partial charge in [0.05, 0.1) is 22.8 Å². The van der Waals surface area contributed by atoms with Crippen LogP contribution in [0.4, 0.5) is 19.0 Å². The molecule has 1 aliphatic heterocycles. The highest BCUT2D eigenvalue weighted by molar-refractivity contribution is 7.13. The van der Waals surface area contributed by atoms with E-state index in [-0.39, 0.29) is 16.4 Å². The van der Waals surface area contributed by atoms with Crippen molar-refractivity contribution in [2.45, 2.75) is 44.8 Å². The number of halogens is 4. The number of hydrogen-bond donors (Lipinski definition) is 3. The highest BCUT2D eigenvalue weighted by atomic mass is 35.5. The molecule has 0 aliphatic carbocycles. The first-order valence-electron chi connectivity index (χ1n) is 11.9. The number of hydrogen-bond acceptors (Lipinski definition) is 8. The Kier molecular flexibility index (Phi) is 8.90. The van der Waals surface area contributed by atoms with Crippen LogP contribution in [0.1, 0.15) is 68.7 Å². The molecule has 38 heavy (non-hydrogen) atoms. The van der Waals surface area contributed by atoms with Gasteiger partial charge >= 0.3 is 6.18 Å². The number of aromatic nitrogens is 4. The van der Waals surface area contributed by atoms with E-state index in [2.05, 4.69) is 35.9 Å². The number of carbonyl (C=O) groups excluding carboxylic acids is 2. The molecule has 1 atom stereocenters. The van der Waals surface area contributed by atoms with Crippen molar-refractivity contribution in [1.82, 2.24) is 30.6 Å². The number of nitrogens with one attached hydrogen (secondary N) is 3. The Morgan fingerprint density at radius 1 is 1.13 bits per heavy atom. The van der Waals surface area contributed by atoms with E-state index in [0.717, 1.165) is 62.0 Å². The maximum atomic E-state index is 13.1. The van der Waals surface area contributed by atoms with E-state index in [4.69, 9.17) is 11.6 Å². The Morgan fingerprint density at radius 2 is 1.89 bits per heavy atom. The SMILES string of the molecule is CC(NC(=O)c1cc(CCC2CCNCC2)ncn1)c1ncc(C(=O)Nc2cc(C(F)(F)F)c(Cl)cn2)s1. The summed E-state index contributed by atoms with van der Waals surface area (Å²) in [5.74, 6) is -0.761. The van der Waals surface area contributed by atoms with E-state index in [1.54, 1.807) is 13.0 Å². The number of pyridine rings is 1. The normalized spacial score (nSPS) is 15.2. The smallest absolute Gasteiger partial charge is 0.342 e. The van der Waals surface area contributed by atoms with Gasteiger partial charge in [-0.05, 0) is 63.7 Å². The molecule has 0 spiro atoms. The van der Waals surface area contributed by atoms with Crippen molar-refractivity contribution in [3.8, 4) is 0 Å². The van der Waals surface area contributed by atoms with Crippen LogP contribution in [0, 0.1) is 5.92 Å². The van der Waals surface area contributed by atoms with Crippen molar-refractivity contribution in [2.75, 3.05) is 18.4 Å². The quantitative estimate of drug-likeness (QED) is 0.361. The molecule has 1 unspecified atom stereocenters. The van der Waals surface area contributed by atoms with Crippen LogP contribution in [0.25, 0.3) is 0 Å². The van der Waals surface area contributed by atoms with Crippen LogP contribution in [0.5, 0.6) is 0 Å². The van der Waals surface area contributed by atoms with Gasteiger partial charge in [0, 0.05) is 11.9 Å². The van der Waals surface area contributed by atoms with Crippen LogP contribution < -0.4 is 16.0 Å². The molecule has 0 radical (unpaired) electrons. The molecule has 9 nitrogen and oxygen atoms in total. The molecule has 3 aromatic heterocycles. The summed E-state index contributed by atoms with van der Waals surface area (Å²) in [7, 11) is 0. The van der Waals surface area contributed by atoms with Crippen molar-refractivity contribution in [3.05, 3.63) is 62.7 Å². The lowest BCUT2D eigenvalue weighted by Crippen LogP contribution is -2.28. The number of alkyl halides is 3. The number of rotatable bonds is 8. The van der Waals surface area contributed by atoms with Crippen molar-refractivity contribution in [3.63, 3.8) is 0 Å². The molecular formula is C24H25ClF3N7O2S. The van der Waals surface area contributed by atoms with Crippen LogP contribution in [0.15, 0.2) is 30.9 Å². The first-order valence-corrected chi connectivity index (χ1v) is 13.1. The Morgan fingerprint density at radius 3 is 2.63 bits per heavy atom. The molecule has 0 saturated carbocycles. The van der Waals surface area contributed by atoms with Gasteiger partial charge in [0.15, 0.2) is 0 Å². The number of carbonyl (C=O) groups is 2. The van der Waals surface area contributed by atoms with Gasteiger partial charge in [-0.1, -0.05) is 11.6 Å². The Hall–Kier alpha value is -3.16. The molecular weight excluding hydrogens is 543 g/mol. The zero-order chi connectivity index (χ0) is 27.3. The number of aryl methyl sites for hydroxylation is 1. The van der Waals surface area contributed by atoms with Crippen molar-refractivity contribution < 1.29 is 22.8 Å². The predicted octanol–water partition coefficient (Wildman–Crippen LogP) is 4.68. The van der Waals surface area contributed by atoms with Gasteiger partial charge < -0.3 is 16.0 Å². The summed E-state index contributed by atoms with van der Waals surface area (Å²) >= 11 is 6.56. The molecule has 0 aromatic carbocycles. The van der Waals surface area contributed by atoms with Crippen LogP contribution in [0.3, 0.4) is 0 Å². The molecule has 3 N–H and O–H groups in total. The van der Waals surface area contributed by atoms with Gasteiger partial charge in [-0.2, -0.15) is 13.2 Å². The second kappa shape index (κ2) is 12.1. The fourth-order valence-corrected chi connectivity index (χ4v) is 5.03. The molecule has 2 amide bonds. The van der Waals surface area contributed by atoms with Crippen molar-refractivity contribution in [1.29, 1.82) is 0 Å². The molecule has 4 heterocycles. The number of amides is 2. The summed E-state index contributed by atoms with van der Waals surface area (Å²) < 4.78 is 39.2. The van der Waals surface area contributed by atoms with Gasteiger partial charge in [0.25, 0.3) is 11.8 Å². The third-order valence-electron chi connectivity index (χ3n) is 6.09. The summed E-state index contributed by atoms with van der Waals surface area (Å²) in [6.45, 7) is 3.75. The second-order valence-corrected chi connectivity index (χ2v) is 10.4. The maximum absolute atomic E-state index is 13.1. The summed E-state index contributed by atoms with van der Waals surface area (Å²) in [6.07, 6.45) is 2.82. The minimum absolute atomic E-state index is 0.133. The lowest BCUT2D eigenvalue weighted by molar-refractivity contribution is -0.137. The molecule has 1 aliphatic rings. The third kappa shape index (κ3) is 7.23. The molecule has 4 rings (SSSR count). The monoisotopic (exact) mass is 567 g/mol. The zero-order valence-corrected chi connectivity index (χ0v) is 21.9. The van der Waals surface area contributed by atoms with Crippen LogP contribution in [-0.4, -0.2) is 44.8 Å². The van der Waals surface area contributed by atoms with Crippen molar-refractivity contribution >= 4 is 40.6 Å². The van der Waals surface area contributed by atoms with Gasteiger partial charge in [0.2, 0.25) is 0 Å². The van der Waals surface area contributed by atoms with Crippen LogP contribution >= 0.6 is 22.9 Å². The third-order valence-corrected chi connectivity index (χ3v) is 7.57. The minimum atomic E-state index is -4.69. The predicted molar refractivity (Wildman–Crippen MR) is 136 cm³/mol. The second-order valence-electron chi connectivity index (χ2n) is 8.89. The van der Waals surface area contributed by atoms with Crippen LogP contribution in [-0.2, 0) is 12.6 Å². The Labute approximate surface area is 225 Å². The van der Waals surface area contributed by atoms with E-state index in [1.807, 2.05) is 0 Å². The fraction of sp³-hybridized carbons (Fsp3) is 0.417. The van der Waals surface area contributed by atoms with Gasteiger partial charge in [-0.25, -0.2) is 19.9 Å². The van der Waals surface area contributed by atoms with Gasteiger partial charge in [-0.15, -0.1) is 11.3 Å². The van der Waals surface area contributed by atoms with Crippen molar-refractivity contribution in [2.24, 2.45) is 5.92 Å². The molecule has 0 bridgehead atoms. The largest absolute Gasteiger partial charge is 0.418 e. The van der Waals surface area contributed by atoms with Gasteiger partial charge in [0.1, 0.15) is 27.7 Å². The first kappa shape index (κ1) is 27.9. The highest BCUT2D eigenvalue weighted by Gasteiger charge is 2.34. The molecule has 202 valence electrons. The van der Waals surface area contributed by atoms with Gasteiger partial charge in [-0.3, -0.25) is 9.59 Å². The Bertz CT molecular complexity index is 1300. The summed E-state index contributed by atoms with van der Waals surface area (Å²) in [5.41, 5.74) is -0.0741. The lowest BCUT2D eigenvalue weighted by atomic mass is 9.92.